The van der Waals surface area contributed by atoms with Crippen molar-refractivity contribution >= 4 is 0 Å². The van der Waals surface area contributed by atoms with Crippen molar-refractivity contribution in [3.8, 4) is 0 Å². The molecule has 0 unspecified atom stereocenters. The van der Waals surface area contributed by atoms with Crippen LogP contribution in [0.15, 0.2) is 0 Å². The summed E-state index contributed by atoms with van der Waals surface area (Å²) in [5.74, 6) is -4.19. The highest BCUT2D eigenvalue weighted by Gasteiger charge is 3.21. The zero-order valence-corrected chi connectivity index (χ0v) is 8.00. The van der Waals surface area contributed by atoms with Gasteiger partial charge in [-0.3, -0.25) is 0 Å². The average molecular weight is 257 g/mol. The van der Waals surface area contributed by atoms with E-state index in [1.165, 1.54) is 0 Å². The van der Waals surface area contributed by atoms with Crippen molar-refractivity contribution in [2.45, 2.75) is 16.6 Å². The van der Waals surface area contributed by atoms with Crippen molar-refractivity contribution in [1.82, 2.24) is 16.0 Å². The second-order valence-electron chi connectivity index (χ2n) is 5.80. The molecule has 6 rings (SSSR count). The van der Waals surface area contributed by atoms with Gasteiger partial charge in [0.2, 0.25) is 0 Å². The Morgan fingerprint density at radius 2 is 0.882 bits per heavy atom. The number of rotatable bonds is 3. The van der Waals surface area contributed by atoms with Crippen LogP contribution in [-0.2, 0) is 0 Å². The molecule has 0 heterocycles. The largest absolute Gasteiger partial charge is 0.101 e. The lowest BCUT2D eigenvalue weighted by Crippen LogP contribution is -3.25. The number of hydrogen-bond donors (Lipinski definition) is 0. The molecule has 0 saturated heterocycles. The van der Waals surface area contributed by atoms with E-state index in [1.54, 1.807) is 0 Å². The summed E-state index contributed by atoms with van der Waals surface area (Å²) >= 11 is 0. The minimum absolute atomic E-state index is 0.364. The van der Waals surface area contributed by atoms with E-state index in [2.05, 4.69) is 0 Å². The molecule has 0 aliphatic heterocycles. The van der Waals surface area contributed by atoms with Crippen LogP contribution >= 0.6 is 0 Å². The van der Waals surface area contributed by atoms with Crippen LogP contribution in [0.5, 0.6) is 0 Å². The molecule has 0 spiro atoms. The predicted octanol–water partition coefficient (Wildman–Crippen LogP) is 1.56. The van der Waals surface area contributed by atoms with E-state index in [-0.39, 0.29) is 5.92 Å². The Morgan fingerprint density at radius 3 is 1.12 bits per heavy atom. The van der Waals surface area contributed by atoms with Gasteiger partial charge < -0.3 is 0 Å². The van der Waals surface area contributed by atoms with Gasteiger partial charge in [0.1, 0.15) is 16.6 Å². The van der Waals surface area contributed by atoms with Gasteiger partial charge in [0.25, 0.3) is 0 Å². The van der Waals surface area contributed by atoms with Crippen LogP contribution in [0.1, 0.15) is 0 Å². The summed E-state index contributed by atoms with van der Waals surface area (Å²) < 4.78 is 77.0. The normalized spacial score (nSPS) is 71.5. The molecule has 0 bridgehead atoms. The van der Waals surface area contributed by atoms with Crippen molar-refractivity contribution in [1.29, 1.82) is 0 Å². The molecular weight excluding hydrogens is 252 g/mol. The highest BCUT2D eigenvalue weighted by Crippen LogP contribution is 3.08. The summed E-state index contributed by atoms with van der Waals surface area (Å²) in [6, 6.07) is 0. The summed E-state index contributed by atoms with van der Waals surface area (Å²) in [5, 5.41) is -3.28. The van der Waals surface area contributed by atoms with Crippen LogP contribution < -0.4 is 0 Å². The fourth-order valence-electron chi connectivity index (χ4n) is 6.59. The summed E-state index contributed by atoms with van der Waals surface area (Å²) in [6.45, 7) is 0. The maximum Gasteiger partial charge on any atom is 0.101 e. The Balaban J connectivity index is 1.65. The van der Waals surface area contributed by atoms with Crippen molar-refractivity contribution in [2.24, 2.45) is 29.6 Å². The monoisotopic (exact) mass is 257 g/mol. The highest BCUT2D eigenvalue weighted by atomic mass is 19.4. The van der Waals surface area contributed by atoms with Gasteiger partial charge in [-0.25, -0.2) is 0 Å². The van der Waals surface area contributed by atoms with Gasteiger partial charge in [0, 0.05) is 39.7 Å². The topological polar surface area (TPSA) is 9.72 Å². The minimum atomic E-state index is -1.69. The van der Waals surface area contributed by atoms with Crippen LogP contribution in [0.3, 0.4) is 0 Å². The van der Waals surface area contributed by atoms with Gasteiger partial charge in [0.15, 0.2) is 0 Å². The van der Waals surface area contributed by atoms with E-state index >= 15 is 0 Å². The lowest BCUT2D eigenvalue weighted by Gasteiger charge is -3.11. The third-order valence-electron chi connectivity index (χ3n) is 6.41. The molecule has 0 radical (unpaired) electrons. The van der Waals surface area contributed by atoms with Crippen LogP contribution in [0.2, 0.25) is 0 Å². The predicted molar refractivity (Wildman–Crippen MR) is 37.8 cm³/mol. The smallest absolute Gasteiger partial charge is 0.101 e. The Bertz CT molecular complexity index is 388. The molecule has 6 aliphatic carbocycles. The second-order valence-corrected chi connectivity index (χ2v) is 5.80. The number of nitrogens with zero attached hydrogens (tertiary/aromatic N) is 3. The van der Waals surface area contributed by atoms with Crippen LogP contribution in [0.25, 0.3) is 0 Å². The first-order valence-electron chi connectivity index (χ1n) is 5.28. The molecule has 0 N–H and O–H groups in total. The van der Waals surface area contributed by atoms with Crippen molar-refractivity contribution in [3.05, 3.63) is 0 Å². The standard InChI is InChI=1S/C8H5F6N3/c9-15(10)6-2-1-3(6)8(17(13)14)4(1)7(2,5(6)8)16(11)12/h1-5H. The Morgan fingerprint density at radius 1 is 0.588 bits per heavy atom. The number of halogens is 6. The van der Waals surface area contributed by atoms with Crippen LogP contribution in [-0.4, -0.2) is 32.6 Å². The van der Waals surface area contributed by atoms with Gasteiger partial charge in [-0.2, -0.15) is 0 Å². The van der Waals surface area contributed by atoms with Gasteiger partial charge in [-0.1, -0.05) is 0 Å². The van der Waals surface area contributed by atoms with E-state index in [0.717, 1.165) is 0 Å². The van der Waals surface area contributed by atoms with Gasteiger partial charge in [0.05, 0.1) is 0 Å². The summed E-state index contributed by atoms with van der Waals surface area (Å²) in [4.78, 5) is 0. The first kappa shape index (κ1) is 9.40. The van der Waals surface area contributed by atoms with E-state index in [1.807, 2.05) is 0 Å². The molecule has 0 aromatic carbocycles. The van der Waals surface area contributed by atoms with E-state index in [0.29, 0.717) is 0 Å². The lowest BCUT2D eigenvalue weighted by molar-refractivity contribution is -0.718. The average Bonchev–Trinajstić information content (AvgIpc) is 2.26. The molecule has 3 nitrogen and oxygen atoms in total. The molecule has 9 heteroatoms. The summed E-state index contributed by atoms with van der Waals surface area (Å²) in [6.07, 6.45) is 0. The first-order chi connectivity index (χ1) is 7.93. The number of hydrogen-bond acceptors (Lipinski definition) is 3. The van der Waals surface area contributed by atoms with Crippen molar-refractivity contribution < 1.29 is 26.9 Å². The van der Waals surface area contributed by atoms with Crippen LogP contribution in [0, 0.1) is 29.6 Å². The zero-order chi connectivity index (χ0) is 12.1. The SMILES string of the molecule is FN(F)C12C3C4C1C1(N(F)F)C4C3(N(F)F)C21. The molecule has 0 aromatic heterocycles. The molecule has 6 aliphatic rings. The molecule has 6 saturated carbocycles. The molecule has 17 heavy (non-hydrogen) atoms. The van der Waals surface area contributed by atoms with Gasteiger partial charge in [-0.15, -0.1) is 26.9 Å². The third kappa shape index (κ3) is 0.402. The van der Waals surface area contributed by atoms with Crippen LogP contribution in [0.4, 0.5) is 26.9 Å². The molecule has 6 fully saturated rings. The lowest BCUT2D eigenvalue weighted by atomic mass is 8.93. The maximum absolute atomic E-state index is 12.8. The maximum atomic E-state index is 12.8. The second kappa shape index (κ2) is 1.88. The Labute approximate surface area is 90.1 Å². The molecule has 0 amide bonds. The fraction of sp³-hybridized carbons (Fsp3) is 1.00. The summed E-state index contributed by atoms with van der Waals surface area (Å²) in [7, 11) is 0. The Hall–Kier alpha value is -0.540. The Kier molecular flexibility index (Phi) is 1.04. The van der Waals surface area contributed by atoms with Crippen molar-refractivity contribution in [2.75, 3.05) is 0 Å². The highest BCUT2D eigenvalue weighted by molar-refractivity contribution is 5.68. The molecule has 94 valence electrons. The summed E-state index contributed by atoms with van der Waals surface area (Å²) in [5.41, 5.74) is -5.06. The van der Waals surface area contributed by atoms with E-state index < -0.39 is 56.3 Å². The van der Waals surface area contributed by atoms with E-state index in [9.17, 15) is 26.9 Å². The fourth-order valence-corrected chi connectivity index (χ4v) is 6.59. The molecule has 0 aromatic rings. The minimum Gasteiger partial charge on any atom is -0.101 e. The zero-order valence-electron chi connectivity index (χ0n) is 8.00. The van der Waals surface area contributed by atoms with Gasteiger partial charge in [-0.05, 0) is 5.92 Å². The van der Waals surface area contributed by atoms with E-state index in [4.69, 9.17) is 0 Å². The third-order valence-corrected chi connectivity index (χ3v) is 6.41. The molecular formula is C8H5F6N3. The first-order valence-corrected chi connectivity index (χ1v) is 5.28. The van der Waals surface area contributed by atoms with Gasteiger partial charge >= 0.3 is 0 Å². The van der Waals surface area contributed by atoms with Crippen molar-refractivity contribution in [3.63, 3.8) is 0 Å². The molecule has 0 atom stereocenters. The quantitative estimate of drug-likeness (QED) is 0.561.